The van der Waals surface area contributed by atoms with Gasteiger partial charge in [0.2, 0.25) is 5.15 Å². The van der Waals surface area contributed by atoms with E-state index >= 15 is 0 Å². The van der Waals surface area contributed by atoms with Crippen molar-refractivity contribution in [2.45, 2.75) is 0 Å². The smallest absolute Gasteiger partial charge is 0.423 e. The molecule has 0 aliphatic carbocycles. The lowest BCUT2D eigenvalue weighted by molar-refractivity contribution is -0.384. The molecule has 0 unspecified atom stereocenters. The van der Waals surface area contributed by atoms with Gasteiger partial charge in [-0.15, -0.1) is 0 Å². The Morgan fingerprint density at radius 2 is 1.06 bits per heavy atom. The second kappa shape index (κ2) is 19.0. The van der Waals surface area contributed by atoms with Crippen LogP contribution in [0.25, 0.3) is 22.5 Å². The highest BCUT2D eigenvalue weighted by molar-refractivity contribution is 6.58. The van der Waals surface area contributed by atoms with E-state index in [9.17, 15) is 33.4 Å². The van der Waals surface area contributed by atoms with Crippen LogP contribution in [0.15, 0.2) is 110 Å². The monoisotopic (exact) mass is 751 g/mol. The molecule has 3 aromatic carbocycles. The number of nitrogens with two attached hydrogens (primary N) is 4. The van der Waals surface area contributed by atoms with E-state index in [1.165, 1.54) is 79.1 Å². The first kappa shape index (κ1) is 40.6. The largest absolute Gasteiger partial charge is 0.488 e. The Bertz CT molecular complexity index is 2210. The third-order valence-electron chi connectivity index (χ3n) is 6.60. The molecular weight excluding hydrogens is 722 g/mol. The van der Waals surface area contributed by atoms with Crippen molar-refractivity contribution >= 4 is 58.3 Å². The first-order valence-electron chi connectivity index (χ1n) is 14.7. The predicted octanol–water partition coefficient (Wildman–Crippen LogP) is 5.41. The Morgan fingerprint density at radius 1 is 0.623 bits per heavy atom. The Balaban J connectivity index is 0.000000253. The summed E-state index contributed by atoms with van der Waals surface area (Å²) in [6.45, 7) is 0. The maximum atomic E-state index is 13.1. The zero-order valence-electron chi connectivity index (χ0n) is 27.1. The zero-order chi connectivity index (χ0) is 39.2. The molecule has 15 nitrogen and oxygen atoms in total. The van der Waals surface area contributed by atoms with Gasteiger partial charge in [-0.2, -0.15) is 0 Å². The van der Waals surface area contributed by atoms with Crippen LogP contribution in [0.4, 0.5) is 47.3 Å². The van der Waals surface area contributed by atoms with Crippen LogP contribution in [-0.2, 0) is 0 Å². The minimum absolute atomic E-state index is 0. The molecule has 10 N–H and O–H groups in total. The second-order valence-electron chi connectivity index (χ2n) is 10.3. The molecule has 20 heteroatoms. The lowest BCUT2D eigenvalue weighted by Crippen LogP contribution is -2.29. The number of benzene rings is 3. The van der Waals surface area contributed by atoms with Crippen LogP contribution < -0.4 is 28.4 Å². The van der Waals surface area contributed by atoms with Gasteiger partial charge in [-0.25, -0.2) is 23.1 Å². The highest BCUT2D eigenvalue weighted by Gasteiger charge is 2.21. The number of rotatable bonds is 5. The van der Waals surface area contributed by atoms with Crippen molar-refractivity contribution in [3.8, 4) is 22.5 Å². The van der Waals surface area contributed by atoms with Gasteiger partial charge in [0.25, 0.3) is 0 Å². The van der Waals surface area contributed by atoms with Gasteiger partial charge in [0.1, 0.15) is 28.8 Å². The Kier molecular flexibility index (Phi) is 14.5. The third kappa shape index (κ3) is 11.6. The minimum atomic E-state index is -1.59. The molecule has 3 heterocycles. The Morgan fingerprint density at radius 3 is 1.49 bits per heavy atom. The van der Waals surface area contributed by atoms with E-state index in [1.54, 1.807) is 24.4 Å². The first-order valence-corrected chi connectivity index (χ1v) is 15.0. The number of pyridine rings is 3. The summed E-state index contributed by atoms with van der Waals surface area (Å²) in [5.41, 5.74) is 24.1. The maximum Gasteiger partial charge on any atom is 0.488 e. The molecule has 0 radical (unpaired) electrons. The molecule has 0 fully saturated rings. The summed E-state index contributed by atoms with van der Waals surface area (Å²) in [6, 6.07) is 20.9. The third-order valence-corrected chi connectivity index (χ3v) is 6.87. The fourth-order valence-corrected chi connectivity index (χ4v) is 4.39. The molecular formula is C33H30BClF3N9O6. The van der Waals surface area contributed by atoms with Crippen LogP contribution in [0, 0.1) is 37.7 Å². The van der Waals surface area contributed by atoms with Crippen LogP contribution in [-0.4, -0.2) is 42.0 Å². The molecule has 0 saturated carbocycles. The first-order chi connectivity index (χ1) is 25.1. The average molecular weight is 752 g/mol. The Hall–Kier alpha value is -6.83. The molecule has 0 aliphatic rings. The summed E-state index contributed by atoms with van der Waals surface area (Å²) >= 11 is 5.39. The fourth-order valence-electron chi connectivity index (χ4n) is 4.15. The zero-order valence-corrected chi connectivity index (χ0v) is 27.8. The van der Waals surface area contributed by atoms with E-state index in [0.717, 1.165) is 6.07 Å². The molecule has 0 amide bonds. The van der Waals surface area contributed by atoms with Crippen LogP contribution in [0.5, 0.6) is 0 Å². The number of nitrogens with zero attached hydrogens (tertiary/aromatic N) is 5. The lowest BCUT2D eigenvalue weighted by Gasteiger charge is -2.06. The molecule has 274 valence electrons. The van der Waals surface area contributed by atoms with E-state index in [-0.39, 0.29) is 46.3 Å². The van der Waals surface area contributed by atoms with Gasteiger partial charge in [0.15, 0.2) is 5.69 Å². The maximum absolute atomic E-state index is 13.1. The molecule has 0 saturated heterocycles. The average Bonchev–Trinajstić information content (AvgIpc) is 3.10. The van der Waals surface area contributed by atoms with Crippen LogP contribution in [0.2, 0.25) is 5.15 Å². The molecule has 0 bridgehead atoms. The number of halogens is 4. The van der Waals surface area contributed by atoms with Crippen molar-refractivity contribution < 1.29 is 34.5 Å². The van der Waals surface area contributed by atoms with Gasteiger partial charge in [0.05, 0.1) is 26.9 Å². The summed E-state index contributed by atoms with van der Waals surface area (Å²) in [7, 11) is -1.59. The highest BCUT2D eigenvalue weighted by atomic mass is 35.5. The fraction of sp³-hybridized carbons (Fsp3) is 0. The van der Waals surface area contributed by atoms with Gasteiger partial charge >= 0.3 is 18.5 Å². The number of aromatic nitrogens is 3. The van der Waals surface area contributed by atoms with E-state index in [1.807, 2.05) is 0 Å². The SMILES string of the molecule is Nc1ccnc(-c2cccc(F)c2)c1N.Nc1ccnc(-c2cccc(F)c2)c1[N+](=O)[O-].Nc1ccnc(Cl)c1[N+](=O)[O-].OB(O)c1cccc(F)c1.[HH]. The van der Waals surface area contributed by atoms with Crippen LogP contribution in [0.3, 0.4) is 0 Å². The molecule has 0 atom stereocenters. The van der Waals surface area contributed by atoms with Crippen LogP contribution >= 0.6 is 11.6 Å². The van der Waals surface area contributed by atoms with Gasteiger partial charge in [-0.05, 0) is 60.1 Å². The van der Waals surface area contributed by atoms with Crippen molar-refractivity contribution in [3.63, 3.8) is 0 Å². The molecule has 6 aromatic rings. The molecule has 0 aliphatic heterocycles. The van der Waals surface area contributed by atoms with Gasteiger partial charge in [-0.3, -0.25) is 25.2 Å². The van der Waals surface area contributed by atoms with Crippen molar-refractivity contribution in [1.29, 1.82) is 0 Å². The predicted molar refractivity (Wildman–Crippen MR) is 198 cm³/mol. The number of hydrogen-bond donors (Lipinski definition) is 6. The normalized spacial score (nSPS) is 9.92. The van der Waals surface area contributed by atoms with Crippen molar-refractivity contribution in [2.24, 2.45) is 0 Å². The number of anilines is 4. The summed E-state index contributed by atoms with van der Waals surface area (Å²) in [6.07, 6.45) is 4.21. The van der Waals surface area contributed by atoms with E-state index in [2.05, 4.69) is 15.0 Å². The van der Waals surface area contributed by atoms with Crippen LogP contribution in [0.1, 0.15) is 1.43 Å². The van der Waals surface area contributed by atoms with Crippen molar-refractivity contribution in [3.05, 3.63) is 152 Å². The van der Waals surface area contributed by atoms with Crippen molar-refractivity contribution in [1.82, 2.24) is 15.0 Å². The van der Waals surface area contributed by atoms with E-state index < -0.39 is 28.6 Å². The lowest BCUT2D eigenvalue weighted by atomic mass is 9.80. The second-order valence-corrected chi connectivity index (χ2v) is 10.6. The number of nitrogen functional groups attached to an aromatic ring is 4. The number of nitro groups is 2. The quantitative estimate of drug-likeness (QED) is 0.0557. The Labute approximate surface area is 305 Å². The van der Waals surface area contributed by atoms with Crippen molar-refractivity contribution in [2.75, 3.05) is 22.9 Å². The summed E-state index contributed by atoms with van der Waals surface area (Å²) in [5, 5.41) is 38.0. The van der Waals surface area contributed by atoms with Gasteiger partial charge < -0.3 is 33.0 Å². The topological polar surface area (TPSA) is 269 Å². The highest BCUT2D eigenvalue weighted by Crippen LogP contribution is 2.32. The van der Waals surface area contributed by atoms with E-state index in [0.29, 0.717) is 28.2 Å². The molecule has 3 aromatic heterocycles. The van der Waals surface area contributed by atoms with Gasteiger partial charge in [0, 0.05) is 31.1 Å². The minimum Gasteiger partial charge on any atom is -0.423 e. The summed E-state index contributed by atoms with van der Waals surface area (Å²) in [5.74, 6) is -1.28. The molecule has 0 spiro atoms. The van der Waals surface area contributed by atoms with Gasteiger partial charge in [-0.1, -0.05) is 48.0 Å². The number of hydrogen-bond acceptors (Lipinski definition) is 13. The summed E-state index contributed by atoms with van der Waals surface area (Å²) < 4.78 is 38.3. The molecule has 6 rings (SSSR count). The summed E-state index contributed by atoms with van der Waals surface area (Å²) in [4.78, 5) is 31.3. The standard InChI is InChI=1S/C11H8FN3O2.C11H10FN3.C6H6BFO2.C5H4ClN3O2.H2/c12-8-3-1-2-7(6-8)10-11(15(16)17)9(13)4-5-14-10;12-8-3-1-2-7(6-8)11-10(14)9(13)4-5-15-11;8-6-3-1-2-5(4-6)7(9)10;6-5-4(9(10)11)3(7)1-2-8-5;/h1-6H,(H2,13,14);1-6H,14H2,(H2,13,15);1-4,9-10H;1-2H,(H2,7,8);1H. The molecule has 53 heavy (non-hydrogen) atoms. The van der Waals surface area contributed by atoms with E-state index in [4.69, 9.17) is 44.6 Å².